The van der Waals surface area contributed by atoms with Crippen molar-refractivity contribution in [3.8, 4) is 0 Å². The van der Waals surface area contributed by atoms with Gasteiger partial charge >= 0.3 is 12.1 Å². The quantitative estimate of drug-likeness (QED) is 0.850. The predicted octanol–water partition coefficient (Wildman–Crippen LogP) is 2.20. The van der Waals surface area contributed by atoms with Gasteiger partial charge in [0.05, 0.1) is 0 Å². The molecule has 15 heavy (non-hydrogen) atoms. The van der Waals surface area contributed by atoms with Crippen LogP contribution in [0, 0.1) is 0 Å². The number of hydrogen-bond acceptors (Lipinski definition) is 4. The van der Waals surface area contributed by atoms with Crippen molar-refractivity contribution in [1.29, 1.82) is 0 Å². The third-order valence-corrected chi connectivity index (χ3v) is 2.33. The van der Waals surface area contributed by atoms with E-state index in [2.05, 4.69) is 10.3 Å². The van der Waals surface area contributed by atoms with Gasteiger partial charge in [0.25, 0.3) is 0 Å². The van der Waals surface area contributed by atoms with Crippen LogP contribution in [0.15, 0.2) is 5.38 Å². The predicted molar refractivity (Wildman–Crippen MR) is 48.2 cm³/mol. The molecule has 1 rings (SSSR count). The van der Waals surface area contributed by atoms with E-state index in [0.717, 1.165) is 18.3 Å². The van der Waals surface area contributed by atoms with E-state index in [4.69, 9.17) is 5.11 Å². The Labute approximate surface area is 86.8 Å². The van der Waals surface area contributed by atoms with Crippen LogP contribution in [-0.2, 0) is 0 Å². The molecule has 1 atom stereocenters. The smallest absolute Gasteiger partial charge is 0.408 e. The van der Waals surface area contributed by atoms with Crippen LogP contribution in [-0.4, -0.2) is 28.3 Å². The summed E-state index contributed by atoms with van der Waals surface area (Å²) in [6, 6.07) is -1.76. The molecule has 0 aliphatic carbocycles. The van der Waals surface area contributed by atoms with Crippen LogP contribution in [0.3, 0.4) is 0 Å². The summed E-state index contributed by atoms with van der Waals surface area (Å²) in [4.78, 5) is 13.9. The zero-order valence-electron chi connectivity index (χ0n) is 7.50. The molecule has 0 radical (unpaired) electrons. The first-order chi connectivity index (χ1) is 6.80. The van der Waals surface area contributed by atoms with Gasteiger partial charge in [0.15, 0.2) is 10.8 Å². The number of carbonyl (C=O) groups is 1. The van der Waals surface area contributed by atoms with Gasteiger partial charge in [-0.25, -0.2) is 9.78 Å². The van der Waals surface area contributed by atoms with E-state index in [9.17, 15) is 18.0 Å². The number of carboxylic acids is 1. The highest BCUT2D eigenvalue weighted by Crippen LogP contribution is 2.24. The molecule has 0 saturated carbocycles. The fourth-order valence-corrected chi connectivity index (χ4v) is 1.48. The highest BCUT2D eigenvalue weighted by atomic mass is 32.1. The molecule has 1 unspecified atom stereocenters. The van der Waals surface area contributed by atoms with Crippen LogP contribution in [0.25, 0.3) is 0 Å². The van der Waals surface area contributed by atoms with Gasteiger partial charge in [0.1, 0.15) is 6.04 Å². The first-order valence-corrected chi connectivity index (χ1v) is 4.70. The van der Waals surface area contributed by atoms with Crippen molar-refractivity contribution < 1.29 is 23.1 Å². The molecule has 0 fully saturated rings. The Morgan fingerprint density at radius 1 is 1.67 bits per heavy atom. The largest absolute Gasteiger partial charge is 0.476 e. The second-order valence-electron chi connectivity index (χ2n) is 2.75. The van der Waals surface area contributed by atoms with Gasteiger partial charge < -0.3 is 10.4 Å². The summed E-state index contributed by atoms with van der Waals surface area (Å²) in [6.45, 7) is 0.932. The van der Waals surface area contributed by atoms with Crippen molar-refractivity contribution in [2.45, 2.75) is 19.1 Å². The number of aromatic carboxylic acids is 1. The van der Waals surface area contributed by atoms with Crippen LogP contribution >= 0.6 is 11.3 Å². The van der Waals surface area contributed by atoms with Crippen molar-refractivity contribution in [3.05, 3.63) is 11.1 Å². The molecule has 0 bridgehead atoms. The molecule has 0 saturated heterocycles. The standard InChI is InChI=1S/C7H7F3N2O2S/c1-3(7(8,9)10)11-6-12-4(2-15-6)5(13)14/h2-3H,1H3,(H,11,12)(H,13,14). The zero-order valence-corrected chi connectivity index (χ0v) is 8.32. The lowest BCUT2D eigenvalue weighted by Crippen LogP contribution is -2.33. The first-order valence-electron chi connectivity index (χ1n) is 3.83. The average Bonchev–Trinajstić information content (AvgIpc) is 2.50. The fourth-order valence-electron chi connectivity index (χ4n) is 0.705. The molecule has 0 spiro atoms. The summed E-state index contributed by atoms with van der Waals surface area (Å²) in [5.74, 6) is -1.26. The Balaban J connectivity index is 2.69. The number of alkyl halides is 3. The average molecular weight is 240 g/mol. The van der Waals surface area contributed by atoms with Crippen molar-refractivity contribution in [2.75, 3.05) is 5.32 Å². The summed E-state index contributed by atoms with van der Waals surface area (Å²) >= 11 is 0.819. The van der Waals surface area contributed by atoms with E-state index in [1.165, 1.54) is 5.38 Å². The molecular weight excluding hydrogens is 233 g/mol. The van der Waals surface area contributed by atoms with Crippen molar-refractivity contribution >= 4 is 22.4 Å². The molecule has 1 aromatic heterocycles. The maximum atomic E-state index is 12.1. The summed E-state index contributed by atoms with van der Waals surface area (Å²) in [7, 11) is 0. The third-order valence-electron chi connectivity index (χ3n) is 1.55. The summed E-state index contributed by atoms with van der Waals surface area (Å²) in [5, 5.41) is 11.7. The number of carboxylic acid groups (broad SMARTS) is 1. The number of aromatic nitrogens is 1. The van der Waals surface area contributed by atoms with Gasteiger partial charge in [-0.2, -0.15) is 13.2 Å². The molecule has 0 aliphatic heterocycles. The Morgan fingerprint density at radius 2 is 2.27 bits per heavy atom. The van der Waals surface area contributed by atoms with E-state index in [-0.39, 0.29) is 10.8 Å². The minimum Gasteiger partial charge on any atom is -0.476 e. The number of hydrogen-bond donors (Lipinski definition) is 2. The maximum absolute atomic E-state index is 12.1. The molecule has 8 heteroatoms. The second kappa shape index (κ2) is 4.05. The molecule has 0 aliphatic rings. The van der Waals surface area contributed by atoms with E-state index in [1.54, 1.807) is 0 Å². The molecule has 84 valence electrons. The molecule has 2 N–H and O–H groups in total. The van der Waals surface area contributed by atoms with Crippen LogP contribution in [0.1, 0.15) is 17.4 Å². The van der Waals surface area contributed by atoms with Gasteiger partial charge in [-0.05, 0) is 6.92 Å². The third kappa shape index (κ3) is 3.08. The van der Waals surface area contributed by atoms with Crippen LogP contribution in [0.4, 0.5) is 18.3 Å². The molecule has 0 aromatic carbocycles. The number of nitrogens with one attached hydrogen (secondary N) is 1. The van der Waals surface area contributed by atoms with Crippen molar-refractivity contribution in [1.82, 2.24) is 4.98 Å². The number of thiazole rings is 1. The molecule has 4 nitrogen and oxygen atoms in total. The summed E-state index contributed by atoms with van der Waals surface area (Å²) < 4.78 is 36.3. The van der Waals surface area contributed by atoms with Gasteiger partial charge in [-0.1, -0.05) is 0 Å². The van der Waals surface area contributed by atoms with Gasteiger partial charge in [-0.3, -0.25) is 0 Å². The van der Waals surface area contributed by atoms with Crippen molar-refractivity contribution in [2.24, 2.45) is 0 Å². The normalized spacial score (nSPS) is 13.6. The van der Waals surface area contributed by atoms with Crippen LogP contribution < -0.4 is 5.32 Å². The number of halogens is 3. The summed E-state index contributed by atoms with van der Waals surface area (Å²) in [6.07, 6.45) is -4.38. The van der Waals surface area contributed by atoms with Gasteiger partial charge in [-0.15, -0.1) is 11.3 Å². The lowest BCUT2D eigenvalue weighted by Gasteiger charge is -2.15. The van der Waals surface area contributed by atoms with Crippen molar-refractivity contribution in [3.63, 3.8) is 0 Å². The molecule has 1 heterocycles. The fraction of sp³-hybridized carbons (Fsp3) is 0.429. The highest BCUT2D eigenvalue weighted by molar-refractivity contribution is 7.13. The van der Waals surface area contributed by atoms with Gasteiger partial charge in [0.2, 0.25) is 0 Å². The second-order valence-corrected chi connectivity index (χ2v) is 3.61. The Morgan fingerprint density at radius 3 is 2.67 bits per heavy atom. The van der Waals surface area contributed by atoms with Crippen LogP contribution in [0.5, 0.6) is 0 Å². The highest BCUT2D eigenvalue weighted by Gasteiger charge is 2.36. The van der Waals surface area contributed by atoms with E-state index >= 15 is 0 Å². The molecule has 0 amide bonds. The molecular formula is C7H7F3N2O2S. The lowest BCUT2D eigenvalue weighted by molar-refractivity contribution is -0.138. The zero-order chi connectivity index (χ0) is 11.6. The maximum Gasteiger partial charge on any atom is 0.408 e. The van der Waals surface area contributed by atoms with E-state index < -0.39 is 18.2 Å². The number of nitrogens with zero attached hydrogens (tertiary/aromatic N) is 1. The van der Waals surface area contributed by atoms with E-state index in [0.29, 0.717) is 0 Å². The minimum absolute atomic E-state index is 0.0581. The lowest BCUT2D eigenvalue weighted by atomic mass is 10.3. The van der Waals surface area contributed by atoms with E-state index in [1.807, 2.05) is 0 Å². The number of anilines is 1. The number of rotatable bonds is 3. The first kappa shape index (κ1) is 11.8. The molecule has 1 aromatic rings. The Hall–Kier alpha value is -1.31. The van der Waals surface area contributed by atoms with Gasteiger partial charge in [0, 0.05) is 5.38 Å². The monoisotopic (exact) mass is 240 g/mol. The minimum atomic E-state index is -4.38. The van der Waals surface area contributed by atoms with Crippen LogP contribution in [0.2, 0.25) is 0 Å². The SMILES string of the molecule is CC(Nc1nc(C(=O)O)cs1)C(F)(F)F. The summed E-state index contributed by atoms with van der Waals surface area (Å²) in [5.41, 5.74) is -0.267. The topological polar surface area (TPSA) is 62.2 Å². The Bertz CT molecular complexity index is 363. The Kier molecular flexibility index (Phi) is 3.18.